The SMILES string of the molecule is Cc1ccc(S(=O)(=O)N(Cc2ccc(Cl)cc2)Cc2ccc(/C=N/NC(=O)C(=O)Nc3ccc(F)cc3)o2)cc1. The van der Waals surface area contributed by atoms with Gasteiger partial charge in [-0.3, -0.25) is 9.59 Å². The largest absolute Gasteiger partial charge is 0.459 e. The molecule has 1 aromatic heterocycles. The minimum atomic E-state index is -3.90. The molecule has 0 atom stereocenters. The van der Waals surface area contributed by atoms with Crippen molar-refractivity contribution < 1.29 is 26.8 Å². The van der Waals surface area contributed by atoms with E-state index in [0.29, 0.717) is 10.8 Å². The Hall–Kier alpha value is -4.32. The average Bonchev–Trinajstić information content (AvgIpc) is 3.38. The van der Waals surface area contributed by atoms with E-state index in [1.165, 1.54) is 22.7 Å². The Bertz CT molecular complexity index is 1620. The Morgan fingerprint density at radius 3 is 2.27 bits per heavy atom. The molecule has 9 nitrogen and oxygen atoms in total. The van der Waals surface area contributed by atoms with Crippen molar-refractivity contribution in [2.45, 2.75) is 24.9 Å². The van der Waals surface area contributed by atoms with Gasteiger partial charge in [0.2, 0.25) is 10.0 Å². The van der Waals surface area contributed by atoms with Gasteiger partial charge >= 0.3 is 11.8 Å². The molecule has 0 unspecified atom stereocenters. The third-order valence-corrected chi connectivity index (χ3v) is 7.67. The molecule has 3 aromatic carbocycles. The Kier molecular flexibility index (Phi) is 9.10. The fourth-order valence-corrected chi connectivity index (χ4v) is 5.05. The quantitative estimate of drug-likeness (QED) is 0.166. The van der Waals surface area contributed by atoms with Gasteiger partial charge in [0.15, 0.2) is 0 Å². The van der Waals surface area contributed by atoms with E-state index in [-0.39, 0.29) is 29.4 Å². The van der Waals surface area contributed by atoms with E-state index in [9.17, 15) is 22.4 Å². The summed E-state index contributed by atoms with van der Waals surface area (Å²) in [6, 6.07) is 21.4. The predicted molar refractivity (Wildman–Crippen MR) is 149 cm³/mol. The molecule has 2 N–H and O–H groups in total. The Morgan fingerprint density at radius 2 is 1.60 bits per heavy atom. The molecular weight excluding hydrogens is 559 g/mol. The number of carbonyl (C=O) groups excluding carboxylic acids is 2. The van der Waals surface area contributed by atoms with Crippen LogP contribution in [-0.4, -0.2) is 30.8 Å². The molecule has 0 spiro atoms. The van der Waals surface area contributed by atoms with Crippen LogP contribution in [0, 0.1) is 12.7 Å². The summed E-state index contributed by atoms with van der Waals surface area (Å²) in [6.45, 7) is 1.85. The number of amides is 2. The molecule has 0 aliphatic carbocycles. The van der Waals surface area contributed by atoms with Gasteiger partial charge in [-0.2, -0.15) is 9.41 Å². The molecule has 0 fully saturated rings. The van der Waals surface area contributed by atoms with Crippen molar-refractivity contribution in [2.24, 2.45) is 5.10 Å². The summed E-state index contributed by atoms with van der Waals surface area (Å²) in [7, 11) is -3.90. The van der Waals surface area contributed by atoms with Crippen molar-refractivity contribution in [3.8, 4) is 0 Å². The number of hydrogen-bond acceptors (Lipinski definition) is 6. The molecule has 4 aromatic rings. The van der Waals surface area contributed by atoms with E-state index in [0.717, 1.165) is 23.3 Å². The van der Waals surface area contributed by atoms with Crippen LogP contribution in [0.4, 0.5) is 10.1 Å². The molecular formula is C28H24ClFN4O5S. The lowest BCUT2D eigenvalue weighted by Gasteiger charge is -2.21. The summed E-state index contributed by atoms with van der Waals surface area (Å²) in [5, 5.41) is 6.55. The normalized spacial score (nSPS) is 11.6. The number of anilines is 1. The molecule has 40 heavy (non-hydrogen) atoms. The lowest BCUT2D eigenvalue weighted by molar-refractivity contribution is -0.136. The summed E-state index contributed by atoms with van der Waals surface area (Å²) in [5.41, 5.74) is 3.97. The van der Waals surface area contributed by atoms with Crippen molar-refractivity contribution in [1.29, 1.82) is 0 Å². The maximum absolute atomic E-state index is 13.5. The fraction of sp³-hybridized carbons (Fsp3) is 0.107. The molecule has 0 aliphatic heterocycles. The first-order valence-corrected chi connectivity index (χ1v) is 13.7. The van der Waals surface area contributed by atoms with Crippen LogP contribution in [0.1, 0.15) is 22.6 Å². The number of hydrogen-bond donors (Lipinski definition) is 2. The Labute approximate surface area is 235 Å². The van der Waals surface area contributed by atoms with Crippen LogP contribution in [0.15, 0.2) is 99.3 Å². The first kappa shape index (κ1) is 28.7. The van der Waals surface area contributed by atoms with Gasteiger partial charge in [0, 0.05) is 17.3 Å². The van der Waals surface area contributed by atoms with Crippen LogP contribution >= 0.6 is 11.6 Å². The third kappa shape index (κ3) is 7.63. The van der Waals surface area contributed by atoms with Crippen LogP contribution in [0.25, 0.3) is 0 Å². The number of furan rings is 1. The number of aryl methyl sites for hydroxylation is 1. The van der Waals surface area contributed by atoms with E-state index in [4.69, 9.17) is 16.0 Å². The lowest BCUT2D eigenvalue weighted by Crippen LogP contribution is -2.32. The van der Waals surface area contributed by atoms with Crippen LogP contribution in [0.5, 0.6) is 0 Å². The van der Waals surface area contributed by atoms with Gasteiger partial charge in [-0.15, -0.1) is 0 Å². The van der Waals surface area contributed by atoms with Crippen molar-refractivity contribution in [3.05, 3.63) is 118 Å². The monoisotopic (exact) mass is 582 g/mol. The Balaban J connectivity index is 1.44. The highest BCUT2D eigenvalue weighted by atomic mass is 35.5. The fourth-order valence-electron chi connectivity index (χ4n) is 3.53. The van der Waals surface area contributed by atoms with Crippen molar-refractivity contribution in [1.82, 2.24) is 9.73 Å². The number of benzene rings is 3. The van der Waals surface area contributed by atoms with Gasteiger partial charge in [-0.25, -0.2) is 18.2 Å². The minimum absolute atomic E-state index is 0.0662. The highest BCUT2D eigenvalue weighted by Gasteiger charge is 2.26. The number of nitrogens with zero attached hydrogens (tertiary/aromatic N) is 2. The van der Waals surface area contributed by atoms with Crippen LogP contribution < -0.4 is 10.7 Å². The molecule has 4 rings (SSSR count). The highest BCUT2D eigenvalue weighted by Crippen LogP contribution is 2.23. The molecule has 0 saturated carbocycles. The summed E-state index contributed by atoms with van der Waals surface area (Å²) in [6.07, 6.45) is 1.17. The van der Waals surface area contributed by atoms with E-state index in [1.54, 1.807) is 60.7 Å². The summed E-state index contributed by atoms with van der Waals surface area (Å²) in [5.74, 6) is -1.99. The summed E-state index contributed by atoms with van der Waals surface area (Å²) < 4.78 is 47.0. The van der Waals surface area contributed by atoms with E-state index in [2.05, 4.69) is 15.8 Å². The molecule has 206 valence electrons. The van der Waals surface area contributed by atoms with E-state index < -0.39 is 27.7 Å². The molecule has 0 bridgehead atoms. The van der Waals surface area contributed by atoms with Crippen molar-refractivity contribution in [3.63, 3.8) is 0 Å². The average molecular weight is 583 g/mol. The summed E-state index contributed by atoms with van der Waals surface area (Å²) >= 11 is 5.98. The first-order valence-electron chi connectivity index (χ1n) is 11.9. The number of hydrazone groups is 1. The molecule has 12 heteroatoms. The molecule has 0 aliphatic rings. The molecule has 1 heterocycles. The molecule has 2 amide bonds. The van der Waals surface area contributed by atoms with Gasteiger partial charge < -0.3 is 9.73 Å². The summed E-state index contributed by atoms with van der Waals surface area (Å²) in [4.78, 5) is 24.1. The first-order chi connectivity index (χ1) is 19.1. The second-order valence-corrected chi connectivity index (χ2v) is 11.1. The number of carbonyl (C=O) groups is 2. The standard InChI is InChI=1S/C28H24ClFN4O5S/c1-19-2-14-26(15-3-19)40(37,38)34(17-20-4-6-21(29)7-5-20)18-25-13-12-24(39-25)16-31-33-28(36)27(35)32-23-10-8-22(30)9-11-23/h2-16H,17-18H2,1H3,(H,32,35)(H,33,36)/b31-16+. The van der Waals surface area contributed by atoms with Crippen LogP contribution in [0.2, 0.25) is 5.02 Å². The van der Waals surface area contributed by atoms with Gasteiger partial charge in [0.1, 0.15) is 17.3 Å². The van der Waals surface area contributed by atoms with Crippen LogP contribution in [0.3, 0.4) is 0 Å². The number of nitrogens with one attached hydrogen (secondary N) is 2. The zero-order valence-corrected chi connectivity index (χ0v) is 22.7. The van der Waals surface area contributed by atoms with Crippen molar-refractivity contribution in [2.75, 3.05) is 5.32 Å². The third-order valence-electron chi connectivity index (χ3n) is 5.61. The second kappa shape index (κ2) is 12.7. The number of halogens is 2. The predicted octanol–water partition coefficient (Wildman–Crippen LogP) is 4.86. The van der Waals surface area contributed by atoms with Crippen molar-refractivity contribution >= 4 is 45.3 Å². The number of sulfonamides is 1. The smallest absolute Gasteiger partial charge is 0.329 e. The molecule has 0 saturated heterocycles. The zero-order valence-electron chi connectivity index (χ0n) is 21.2. The van der Waals surface area contributed by atoms with Gasteiger partial charge in [0.25, 0.3) is 0 Å². The van der Waals surface area contributed by atoms with Gasteiger partial charge in [-0.05, 0) is 73.2 Å². The minimum Gasteiger partial charge on any atom is -0.459 e. The van der Waals surface area contributed by atoms with Gasteiger partial charge in [-0.1, -0.05) is 41.4 Å². The van der Waals surface area contributed by atoms with Gasteiger partial charge in [0.05, 0.1) is 17.7 Å². The number of rotatable bonds is 9. The van der Waals surface area contributed by atoms with E-state index in [1.807, 2.05) is 6.92 Å². The maximum Gasteiger partial charge on any atom is 0.329 e. The maximum atomic E-state index is 13.5. The highest BCUT2D eigenvalue weighted by molar-refractivity contribution is 7.89. The Morgan fingerprint density at radius 1 is 0.925 bits per heavy atom. The second-order valence-electron chi connectivity index (χ2n) is 8.68. The van der Waals surface area contributed by atoms with E-state index >= 15 is 0 Å². The topological polar surface area (TPSA) is 121 Å². The zero-order chi connectivity index (χ0) is 28.7. The molecule has 0 radical (unpaired) electrons. The van der Waals surface area contributed by atoms with Crippen LogP contribution in [-0.2, 0) is 32.7 Å². The lowest BCUT2D eigenvalue weighted by atomic mass is 10.2.